The van der Waals surface area contributed by atoms with Crippen LogP contribution < -0.4 is 9.64 Å². The molecule has 0 saturated carbocycles. The lowest BCUT2D eigenvalue weighted by molar-refractivity contribution is 0.0982. The molecule has 0 bridgehead atoms. The van der Waals surface area contributed by atoms with Gasteiger partial charge in [-0.05, 0) is 63.3 Å². The topological polar surface area (TPSA) is 45.7 Å². The number of hydrogen-bond donors (Lipinski definition) is 0. The van der Waals surface area contributed by atoms with Crippen molar-refractivity contribution in [3.8, 4) is 5.75 Å². The minimum absolute atomic E-state index is 0. The molecule has 3 aromatic rings. The smallest absolute Gasteiger partial charge is 0.263 e. The number of anilines is 1. The lowest BCUT2D eigenvalue weighted by Gasteiger charge is -2.23. The molecule has 2 aromatic carbocycles. The second kappa shape index (κ2) is 9.76. The third-order valence-electron chi connectivity index (χ3n) is 4.46. The van der Waals surface area contributed by atoms with E-state index in [1.165, 1.54) is 16.9 Å². The van der Waals surface area contributed by atoms with E-state index >= 15 is 0 Å². The summed E-state index contributed by atoms with van der Waals surface area (Å²) in [6, 6.07) is 9.29. The largest absolute Gasteiger partial charge is 0.496 e. The zero-order chi connectivity index (χ0) is 20.4. The molecular formula is C21H25Cl2N3O2S. The Morgan fingerprint density at radius 2 is 1.90 bits per heavy atom. The number of carbonyl (C=O) groups is 1. The van der Waals surface area contributed by atoms with Crippen LogP contribution in [0.1, 0.15) is 21.5 Å². The van der Waals surface area contributed by atoms with E-state index < -0.39 is 0 Å². The Morgan fingerprint density at radius 3 is 2.55 bits per heavy atom. The number of aromatic nitrogens is 1. The Kier molecular flexibility index (Phi) is 7.88. The summed E-state index contributed by atoms with van der Waals surface area (Å²) >= 11 is 7.68. The highest BCUT2D eigenvalue weighted by Gasteiger charge is 2.24. The van der Waals surface area contributed by atoms with Crippen LogP contribution in [-0.4, -0.2) is 50.1 Å². The van der Waals surface area contributed by atoms with Gasteiger partial charge in [0.15, 0.2) is 5.13 Å². The van der Waals surface area contributed by atoms with Gasteiger partial charge in [-0.3, -0.25) is 9.69 Å². The normalized spacial score (nSPS) is 10.9. The van der Waals surface area contributed by atoms with Crippen molar-refractivity contribution in [2.45, 2.75) is 13.8 Å². The third-order valence-corrected chi connectivity index (χ3v) is 5.72. The van der Waals surface area contributed by atoms with E-state index in [0.717, 1.165) is 15.8 Å². The molecule has 0 radical (unpaired) electrons. The van der Waals surface area contributed by atoms with Crippen LogP contribution in [-0.2, 0) is 0 Å². The van der Waals surface area contributed by atoms with Crippen molar-refractivity contribution >= 4 is 56.6 Å². The number of thiazole rings is 1. The SMILES string of the molecule is COc1ccc(Cl)cc1C(=O)N(CCN(C)C)c1nc2c(C)cc(C)cc2s1.Cl. The van der Waals surface area contributed by atoms with Gasteiger partial charge in [0.2, 0.25) is 0 Å². The zero-order valence-electron chi connectivity index (χ0n) is 17.2. The Bertz CT molecular complexity index is 1020. The summed E-state index contributed by atoms with van der Waals surface area (Å²) in [4.78, 5) is 22.0. The van der Waals surface area contributed by atoms with Crippen LogP contribution in [0.25, 0.3) is 10.2 Å². The molecule has 0 saturated heterocycles. The van der Waals surface area contributed by atoms with Gasteiger partial charge in [0.05, 0.1) is 22.9 Å². The summed E-state index contributed by atoms with van der Waals surface area (Å²) in [6.07, 6.45) is 0. The fraction of sp³-hybridized carbons (Fsp3) is 0.333. The Balaban J connectivity index is 0.00000300. The van der Waals surface area contributed by atoms with Gasteiger partial charge in [0.1, 0.15) is 5.75 Å². The summed E-state index contributed by atoms with van der Waals surface area (Å²) in [5, 5.41) is 1.17. The molecule has 1 aromatic heterocycles. The van der Waals surface area contributed by atoms with Crippen molar-refractivity contribution in [2.24, 2.45) is 0 Å². The molecule has 1 amide bonds. The summed E-state index contributed by atoms with van der Waals surface area (Å²) in [6.45, 7) is 5.34. The van der Waals surface area contributed by atoms with E-state index in [1.807, 2.05) is 25.9 Å². The van der Waals surface area contributed by atoms with Gasteiger partial charge >= 0.3 is 0 Å². The molecule has 1 heterocycles. The number of nitrogens with zero attached hydrogens (tertiary/aromatic N) is 3. The van der Waals surface area contributed by atoms with Crippen LogP contribution in [0.3, 0.4) is 0 Å². The number of aryl methyl sites for hydroxylation is 2. The number of likely N-dealkylation sites (N-methyl/N-ethyl adjacent to an activating group) is 1. The Morgan fingerprint density at radius 1 is 1.17 bits per heavy atom. The van der Waals surface area contributed by atoms with Crippen LogP contribution in [0.15, 0.2) is 30.3 Å². The van der Waals surface area contributed by atoms with Crippen molar-refractivity contribution in [1.82, 2.24) is 9.88 Å². The first-order valence-electron chi connectivity index (χ1n) is 8.98. The van der Waals surface area contributed by atoms with Crippen molar-refractivity contribution in [3.63, 3.8) is 0 Å². The maximum atomic E-state index is 13.5. The Hall–Kier alpha value is -1.86. The number of fused-ring (bicyclic) bond motifs is 1. The molecule has 0 aliphatic heterocycles. The van der Waals surface area contributed by atoms with E-state index in [9.17, 15) is 4.79 Å². The fourth-order valence-corrected chi connectivity index (χ4v) is 4.39. The number of benzene rings is 2. The highest BCUT2D eigenvalue weighted by molar-refractivity contribution is 7.22. The van der Waals surface area contributed by atoms with E-state index in [4.69, 9.17) is 21.3 Å². The number of methoxy groups -OCH3 is 1. The maximum absolute atomic E-state index is 13.5. The van der Waals surface area contributed by atoms with Gasteiger partial charge in [0.25, 0.3) is 5.91 Å². The number of halogens is 2. The molecule has 29 heavy (non-hydrogen) atoms. The molecule has 8 heteroatoms. The van der Waals surface area contributed by atoms with Crippen LogP contribution >= 0.6 is 35.3 Å². The standard InChI is InChI=1S/C21H24ClN3O2S.ClH/c1-13-10-14(2)19-18(11-13)28-21(23-19)25(9-8-24(3)4)20(26)16-12-15(22)6-7-17(16)27-5;/h6-7,10-12H,8-9H2,1-5H3;1H. The quantitative estimate of drug-likeness (QED) is 0.513. The number of ether oxygens (including phenoxy) is 1. The van der Waals surface area contributed by atoms with Gasteiger partial charge in [-0.15, -0.1) is 12.4 Å². The highest BCUT2D eigenvalue weighted by atomic mass is 35.5. The van der Waals surface area contributed by atoms with Crippen LogP contribution in [0.5, 0.6) is 5.75 Å². The lowest BCUT2D eigenvalue weighted by Crippen LogP contribution is -2.37. The maximum Gasteiger partial charge on any atom is 0.263 e. The van der Waals surface area contributed by atoms with E-state index in [-0.39, 0.29) is 18.3 Å². The second-order valence-electron chi connectivity index (χ2n) is 7.03. The predicted octanol–water partition coefficient (Wildman–Crippen LogP) is 5.21. The van der Waals surface area contributed by atoms with Crippen molar-refractivity contribution in [2.75, 3.05) is 39.2 Å². The highest BCUT2D eigenvalue weighted by Crippen LogP contribution is 2.33. The molecule has 0 aliphatic carbocycles. The van der Waals surface area contributed by atoms with Gasteiger partial charge in [-0.1, -0.05) is 29.0 Å². The van der Waals surface area contributed by atoms with Crippen LogP contribution in [0, 0.1) is 13.8 Å². The summed E-state index contributed by atoms with van der Waals surface area (Å²) < 4.78 is 6.47. The van der Waals surface area contributed by atoms with Crippen LogP contribution in [0.2, 0.25) is 5.02 Å². The molecule has 5 nitrogen and oxygen atoms in total. The van der Waals surface area contributed by atoms with E-state index in [1.54, 1.807) is 30.2 Å². The first-order chi connectivity index (χ1) is 13.3. The summed E-state index contributed by atoms with van der Waals surface area (Å²) in [5.41, 5.74) is 3.66. The average Bonchev–Trinajstić information content (AvgIpc) is 3.05. The first kappa shape index (κ1) is 23.4. The van der Waals surface area contributed by atoms with Crippen molar-refractivity contribution < 1.29 is 9.53 Å². The number of carbonyl (C=O) groups excluding carboxylic acids is 1. The third kappa shape index (κ3) is 5.20. The number of amides is 1. The fourth-order valence-electron chi connectivity index (χ4n) is 3.05. The molecule has 0 N–H and O–H groups in total. The van der Waals surface area contributed by atoms with Gasteiger partial charge < -0.3 is 9.64 Å². The molecule has 0 atom stereocenters. The monoisotopic (exact) mass is 453 g/mol. The average molecular weight is 454 g/mol. The van der Waals surface area contributed by atoms with Crippen LogP contribution in [0.4, 0.5) is 5.13 Å². The minimum Gasteiger partial charge on any atom is -0.496 e. The van der Waals surface area contributed by atoms with E-state index in [0.29, 0.717) is 34.6 Å². The zero-order valence-corrected chi connectivity index (χ0v) is 19.5. The molecule has 3 rings (SSSR count). The minimum atomic E-state index is -0.172. The summed E-state index contributed by atoms with van der Waals surface area (Å²) in [7, 11) is 5.51. The molecule has 0 aliphatic rings. The molecule has 0 unspecified atom stereocenters. The first-order valence-corrected chi connectivity index (χ1v) is 10.2. The molecular weight excluding hydrogens is 429 g/mol. The van der Waals surface area contributed by atoms with Gasteiger partial charge in [-0.2, -0.15) is 0 Å². The van der Waals surface area contributed by atoms with Gasteiger partial charge in [0, 0.05) is 18.1 Å². The molecule has 156 valence electrons. The molecule has 0 fully saturated rings. The Labute approximate surface area is 186 Å². The van der Waals surface area contributed by atoms with Gasteiger partial charge in [-0.25, -0.2) is 4.98 Å². The van der Waals surface area contributed by atoms with Crippen molar-refractivity contribution in [3.05, 3.63) is 52.0 Å². The second-order valence-corrected chi connectivity index (χ2v) is 8.48. The molecule has 0 spiro atoms. The van der Waals surface area contributed by atoms with Crippen molar-refractivity contribution in [1.29, 1.82) is 0 Å². The van der Waals surface area contributed by atoms with E-state index in [2.05, 4.69) is 19.1 Å². The lowest BCUT2D eigenvalue weighted by atomic mass is 10.1. The summed E-state index contributed by atoms with van der Waals surface area (Å²) in [5.74, 6) is 0.326. The number of rotatable bonds is 6. The number of hydrogen-bond acceptors (Lipinski definition) is 5. The predicted molar refractivity (Wildman–Crippen MR) is 125 cm³/mol.